The third-order valence-corrected chi connectivity index (χ3v) is 3.11. The Kier molecular flexibility index (Phi) is 5.29. The van der Waals surface area contributed by atoms with Crippen LogP contribution >= 0.6 is 15.9 Å². The molecule has 0 spiro atoms. The number of hydrogen-bond donors (Lipinski definition) is 2. The molecule has 0 amide bonds. The van der Waals surface area contributed by atoms with Gasteiger partial charge in [-0.3, -0.25) is 0 Å². The van der Waals surface area contributed by atoms with E-state index in [1.807, 2.05) is 7.05 Å². The zero-order valence-corrected chi connectivity index (χ0v) is 10.8. The van der Waals surface area contributed by atoms with Crippen LogP contribution in [0.4, 0.5) is 0 Å². The first-order chi connectivity index (χ1) is 7.19. The second-order valence-corrected chi connectivity index (χ2v) is 4.62. The van der Waals surface area contributed by atoms with Gasteiger partial charge in [-0.1, -0.05) is 22.0 Å². The number of aliphatic hydroxyl groups excluding tert-OH is 1. The van der Waals surface area contributed by atoms with Gasteiger partial charge in [-0.05, 0) is 50.1 Å². The minimum atomic E-state index is 0.255. The zero-order valence-electron chi connectivity index (χ0n) is 9.26. The third kappa shape index (κ3) is 3.59. The molecule has 0 saturated heterocycles. The van der Waals surface area contributed by atoms with Crippen molar-refractivity contribution >= 4 is 15.9 Å². The molecule has 2 N–H and O–H groups in total. The molecular weight excluding hydrogens is 254 g/mol. The van der Waals surface area contributed by atoms with Crippen LogP contribution in [0, 0.1) is 6.92 Å². The number of nitrogens with one attached hydrogen (secondary N) is 1. The fraction of sp³-hybridized carbons (Fsp3) is 0.500. The molecule has 1 atom stereocenters. The highest BCUT2D eigenvalue weighted by atomic mass is 79.9. The summed E-state index contributed by atoms with van der Waals surface area (Å²) in [6.07, 6.45) is 1.79. The van der Waals surface area contributed by atoms with E-state index in [4.69, 9.17) is 5.11 Å². The standard InChI is InChI=1S/C12H18BrNO/c1-9-5-6-10(13)8-11(9)12(14-2)4-3-7-15/h5-6,8,12,14-15H,3-4,7H2,1-2H3. The minimum absolute atomic E-state index is 0.255. The number of halogens is 1. The number of rotatable bonds is 5. The summed E-state index contributed by atoms with van der Waals surface area (Å²) in [6, 6.07) is 6.64. The molecule has 0 aromatic heterocycles. The lowest BCUT2D eigenvalue weighted by Crippen LogP contribution is -2.17. The maximum atomic E-state index is 8.84. The lowest BCUT2D eigenvalue weighted by atomic mass is 9.98. The van der Waals surface area contributed by atoms with Crippen LogP contribution in [0.15, 0.2) is 22.7 Å². The average molecular weight is 272 g/mol. The van der Waals surface area contributed by atoms with Crippen molar-refractivity contribution < 1.29 is 5.11 Å². The summed E-state index contributed by atoms with van der Waals surface area (Å²) in [7, 11) is 1.96. The Bertz CT molecular complexity index is 314. The lowest BCUT2D eigenvalue weighted by molar-refractivity contribution is 0.276. The Labute approximate surface area is 99.8 Å². The highest BCUT2D eigenvalue weighted by Gasteiger charge is 2.11. The summed E-state index contributed by atoms with van der Waals surface area (Å²) in [4.78, 5) is 0. The van der Waals surface area contributed by atoms with Crippen molar-refractivity contribution in [1.29, 1.82) is 0 Å². The third-order valence-electron chi connectivity index (χ3n) is 2.62. The summed E-state index contributed by atoms with van der Waals surface area (Å²) < 4.78 is 1.10. The molecule has 0 aliphatic carbocycles. The summed E-state index contributed by atoms with van der Waals surface area (Å²) >= 11 is 3.48. The van der Waals surface area contributed by atoms with Crippen molar-refractivity contribution in [2.24, 2.45) is 0 Å². The Balaban J connectivity index is 2.85. The van der Waals surface area contributed by atoms with Gasteiger partial charge in [0.15, 0.2) is 0 Å². The Morgan fingerprint density at radius 1 is 1.47 bits per heavy atom. The van der Waals surface area contributed by atoms with Crippen molar-refractivity contribution in [3.8, 4) is 0 Å². The second-order valence-electron chi connectivity index (χ2n) is 3.71. The van der Waals surface area contributed by atoms with Crippen LogP contribution in [0.1, 0.15) is 30.0 Å². The van der Waals surface area contributed by atoms with E-state index in [0.29, 0.717) is 6.04 Å². The van der Waals surface area contributed by atoms with Crippen LogP contribution in [0.25, 0.3) is 0 Å². The molecule has 84 valence electrons. The van der Waals surface area contributed by atoms with Gasteiger partial charge in [0, 0.05) is 17.1 Å². The largest absolute Gasteiger partial charge is 0.396 e. The molecule has 0 aliphatic heterocycles. The highest BCUT2D eigenvalue weighted by molar-refractivity contribution is 9.10. The van der Waals surface area contributed by atoms with E-state index in [9.17, 15) is 0 Å². The Morgan fingerprint density at radius 3 is 2.80 bits per heavy atom. The van der Waals surface area contributed by atoms with Gasteiger partial charge >= 0.3 is 0 Å². The van der Waals surface area contributed by atoms with Crippen LogP contribution in [-0.4, -0.2) is 18.8 Å². The van der Waals surface area contributed by atoms with Crippen molar-refractivity contribution in [3.63, 3.8) is 0 Å². The number of benzene rings is 1. The molecule has 1 aromatic rings. The highest BCUT2D eigenvalue weighted by Crippen LogP contribution is 2.25. The van der Waals surface area contributed by atoms with E-state index in [1.165, 1.54) is 11.1 Å². The lowest BCUT2D eigenvalue weighted by Gasteiger charge is -2.18. The fourth-order valence-corrected chi connectivity index (χ4v) is 2.12. The SMILES string of the molecule is CNC(CCCO)c1cc(Br)ccc1C. The molecule has 0 bridgehead atoms. The van der Waals surface area contributed by atoms with Crippen molar-refractivity contribution in [1.82, 2.24) is 5.32 Å². The molecule has 15 heavy (non-hydrogen) atoms. The van der Waals surface area contributed by atoms with Crippen molar-refractivity contribution in [3.05, 3.63) is 33.8 Å². The summed E-state index contributed by atoms with van der Waals surface area (Å²) in [5, 5.41) is 12.1. The maximum absolute atomic E-state index is 8.84. The maximum Gasteiger partial charge on any atom is 0.0431 e. The van der Waals surface area contributed by atoms with E-state index in [-0.39, 0.29) is 6.61 Å². The van der Waals surface area contributed by atoms with Crippen LogP contribution in [0.3, 0.4) is 0 Å². The summed E-state index contributed by atoms with van der Waals surface area (Å²) in [6.45, 7) is 2.37. The molecular formula is C12H18BrNO. The average Bonchev–Trinajstić information content (AvgIpc) is 2.24. The molecule has 0 heterocycles. The van der Waals surface area contributed by atoms with Crippen LogP contribution in [-0.2, 0) is 0 Å². The second kappa shape index (κ2) is 6.26. The van der Waals surface area contributed by atoms with Gasteiger partial charge in [0.2, 0.25) is 0 Å². The molecule has 1 rings (SSSR count). The van der Waals surface area contributed by atoms with E-state index in [1.54, 1.807) is 0 Å². The van der Waals surface area contributed by atoms with Gasteiger partial charge in [0.05, 0.1) is 0 Å². The van der Waals surface area contributed by atoms with E-state index < -0.39 is 0 Å². The Hall–Kier alpha value is -0.380. The quantitative estimate of drug-likeness (QED) is 0.863. The van der Waals surface area contributed by atoms with Crippen LogP contribution in [0.2, 0.25) is 0 Å². The Morgan fingerprint density at radius 2 is 2.20 bits per heavy atom. The molecule has 0 radical (unpaired) electrons. The van der Waals surface area contributed by atoms with Gasteiger partial charge in [-0.15, -0.1) is 0 Å². The minimum Gasteiger partial charge on any atom is -0.396 e. The first-order valence-electron chi connectivity index (χ1n) is 5.23. The first kappa shape index (κ1) is 12.7. The van der Waals surface area contributed by atoms with Crippen molar-refractivity contribution in [2.75, 3.05) is 13.7 Å². The number of aliphatic hydroxyl groups is 1. The van der Waals surface area contributed by atoms with E-state index >= 15 is 0 Å². The van der Waals surface area contributed by atoms with Gasteiger partial charge in [-0.25, -0.2) is 0 Å². The van der Waals surface area contributed by atoms with Gasteiger partial charge in [-0.2, -0.15) is 0 Å². The summed E-state index contributed by atoms with van der Waals surface area (Å²) in [5.41, 5.74) is 2.59. The number of aryl methyl sites for hydroxylation is 1. The zero-order chi connectivity index (χ0) is 11.3. The summed E-state index contributed by atoms with van der Waals surface area (Å²) in [5.74, 6) is 0. The van der Waals surface area contributed by atoms with E-state index in [2.05, 4.69) is 46.4 Å². The van der Waals surface area contributed by atoms with Gasteiger partial charge in [0.25, 0.3) is 0 Å². The smallest absolute Gasteiger partial charge is 0.0431 e. The van der Waals surface area contributed by atoms with Crippen LogP contribution in [0.5, 0.6) is 0 Å². The molecule has 0 aliphatic rings. The predicted molar refractivity (Wildman–Crippen MR) is 67.0 cm³/mol. The fourth-order valence-electron chi connectivity index (χ4n) is 1.74. The molecule has 0 fully saturated rings. The van der Waals surface area contributed by atoms with Crippen LogP contribution < -0.4 is 5.32 Å². The van der Waals surface area contributed by atoms with Gasteiger partial charge < -0.3 is 10.4 Å². The van der Waals surface area contributed by atoms with Crippen molar-refractivity contribution in [2.45, 2.75) is 25.8 Å². The molecule has 0 saturated carbocycles. The first-order valence-corrected chi connectivity index (χ1v) is 6.02. The molecule has 1 unspecified atom stereocenters. The monoisotopic (exact) mass is 271 g/mol. The van der Waals surface area contributed by atoms with Gasteiger partial charge in [0.1, 0.15) is 0 Å². The molecule has 2 nitrogen and oxygen atoms in total. The normalized spacial score (nSPS) is 12.8. The molecule has 3 heteroatoms. The number of hydrogen-bond acceptors (Lipinski definition) is 2. The van der Waals surface area contributed by atoms with E-state index in [0.717, 1.165) is 17.3 Å². The topological polar surface area (TPSA) is 32.3 Å². The predicted octanol–water partition coefficient (Wildman–Crippen LogP) is 2.79. The molecule has 1 aromatic carbocycles.